The van der Waals surface area contributed by atoms with Crippen molar-refractivity contribution in [1.29, 1.82) is 0 Å². The number of fused-ring (bicyclic) bond motifs is 2. The van der Waals surface area contributed by atoms with Crippen molar-refractivity contribution in [3.63, 3.8) is 0 Å². The highest BCUT2D eigenvalue weighted by Crippen LogP contribution is 2.38. The molecule has 4 atom stereocenters. The minimum absolute atomic E-state index is 0.0663. The van der Waals surface area contributed by atoms with Gasteiger partial charge in [-0.15, -0.1) is 0 Å². The summed E-state index contributed by atoms with van der Waals surface area (Å²) in [4.78, 5) is 47.0. The quantitative estimate of drug-likeness (QED) is 0.504. The SMILES string of the molecule is Cc1cc(C(=O)NC2C[C@H]3CC[C@@H](C2)N3c2ccc(C(=O)N[C@H]3CCN(C(C)C)C3)cn2)c(C)cc1C(N)=O. The number of anilines is 1. The molecule has 9 nitrogen and oxygen atoms in total. The second-order valence-corrected chi connectivity index (χ2v) is 11.7. The Labute approximate surface area is 230 Å². The van der Waals surface area contributed by atoms with Crippen LogP contribution in [0.25, 0.3) is 0 Å². The number of primary amides is 1. The minimum atomic E-state index is -0.486. The Balaban J connectivity index is 1.19. The van der Waals surface area contributed by atoms with Crippen molar-refractivity contribution in [1.82, 2.24) is 20.5 Å². The van der Waals surface area contributed by atoms with Gasteiger partial charge in [0, 0.05) is 60.6 Å². The number of carbonyl (C=O) groups excluding carboxylic acids is 3. The van der Waals surface area contributed by atoms with Gasteiger partial charge in [0.25, 0.3) is 11.8 Å². The molecule has 1 aromatic heterocycles. The summed E-state index contributed by atoms with van der Waals surface area (Å²) in [5, 5.41) is 6.40. The van der Waals surface area contributed by atoms with Crippen molar-refractivity contribution in [3.05, 3.63) is 58.3 Å². The van der Waals surface area contributed by atoms with E-state index in [1.165, 1.54) is 0 Å². The fourth-order valence-electron chi connectivity index (χ4n) is 6.57. The number of rotatable bonds is 7. The smallest absolute Gasteiger partial charge is 0.253 e. The Morgan fingerprint density at radius 1 is 0.923 bits per heavy atom. The maximum Gasteiger partial charge on any atom is 0.253 e. The standard InChI is InChI=1S/C30H40N6O3/c1-17(2)35-10-9-21(16-35)33-29(38)20-5-8-27(32-15-20)36-23-6-7-24(36)14-22(13-23)34-30(39)26-12-18(3)25(28(31)37)11-19(26)4/h5,8,11-12,15,17,21-24H,6-7,9-10,13-14,16H2,1-4H3,(H2,31,37)(H,33,38)(H,34,39)/t21-,22?,23-,24+/m0/s1. The molecule has 3 saturated heterocycles. The summed E-state index contributed by atoms with van der Waals surface area (Å²) < 4.78 is 0. The average molecular weight is 533 g/mol. The molecule has 0 spiro atoms. The number of aromatic nitrogens is 1. The highest BCUT2D eigenvalue weighted by Gasteiger charge is 2.42. The molecule has 1 aromatic carbocycles. The lowest BCUT2D eigenvalue weighted by Crippen LogP contribution is -2.51. The predicted octanol–water partition coefficient (Wildman–Crippen LogP) is 2.94. The first kappa shape index (κ1) is 27.1. The van der Waals surface area contributed by atoms with E-state index in [0.717, 1.165) is 56.6 Å². The van der Waals surface area contributed by atoms with E-state index in [9.17, 15) is 14.4 Å². The highest BCUT2D eigenvalue weighted by atomic mass is 16.2. The summed E-state index contributed by atoms with van der Waals surface area (Å²) in [6.45, 7) is 9.90. The zero-order valence-corrected chi connectivity index (χ0v) is 23.4. The van der Waals surface area contributed by atoms with E-state index in [-0.39, 0.29) is 23.9 Å². The molecular weight excluding hydrogens is 492 g/mol. The number of hydrogen-bond acceptors (Lipinski definition) is 6. The molecule has 4 heterocycles. The van der Waals surface area contributed by atoms with Crippen LogP contribution in [0.15, 0.2) is 30.5 Å². The summed E-state index contributed by atoms with van der Waals surface area (Å²) in [6.07, 6.45) is 6.46. The lowest BCUT2D eigenvalue weighted by molar-refractivity contribution is 0.0921. The Bertz CT molecular complexity index is 1250. The third-order valence-electron chi connectivity index (χ3n) is 8.71. The van der Waals surface area contributed by atoms with E-state index in [1.54, 1.807) is 25.3 Å². The molecule has 3 amide bonds. The topological polar surface area (TPSA) is 121 Å². The van der Waals surface area contributed by atoms with Crippen molar-refractivity contribution in [2.24, 2.45) is 5.73 Å². The molecule has 9 heteroatoms. The predicted molar refractivity (Wildman–Crippen MR) is 151 cm³/mol. The van der Waals surface area contributed by atoms with Gasteiger partial charge in [0.05, 0.1) is 5.56 Å². The van der Waals surface area contributed by atoms with Crippen LogP contribution in [0.2, 0.25) is 0 Å². The Morgan fingerprint density at radius 2 is 1.56 bits per heavy atom. The van der Waals surface area contributed by atoms with Gasteiger partial charge >= 0.3 is 0 Å². The molecule has 39 heavy (non-hydrogen) atoms. The summed E-state index contributed by atoms with van der Waals surface area (Å²) in [6, 6.07) is 8.61. The first-order valence-electron chi connectivity index (χ1n) is 14.1. The number of nitrogens with two attached hydrogens (primary N) is 1. The molecule has 0 aliphatic carbocycles. The van der Waals surface area contributed by atoms with Gasteiger partial charge in [0.1, 0.15) is 5.82 Å². The van der Waals surface area contributed by atoms with Gasteiger partial charge in [-0.2, -0.15) is 0 Å². The van der Waals surface area contributed by atoms with Gasteiger partial charge in [0.15, 0.2) is 0 Å². The first-order chi connectivity index (χ1) is 18.6. The summed E-state index contributed by atoms with van der Waals surface area (Å²) in [5.74, 6) is 0.227. The van der Waals surface area contributed by atoms with E-state index in [4.69, 9.17) is 5.73 Å². The summed E-state index contributed by atoms with van der Waals surface area (Å²) in [7, 11) is 0. The molecule has 0 saturated carbocycles. The van der Waals surface area contributed by atoms with E-state index >= 15 is 0 Å². The lowest BCUT2D eigenvalue weighted by Gasteiger charge is -2.40. The number of hydrogen-bond donors (Lipinski definition) is 3. The normalized spacial score (nSPS) is 24.7. The van der Waals surface area contributed by atoms with Crippen LogP contribution >= 0.6 is 0 Å². The van der Waals surface area contributed by atoms with Gasteiger partial charge in [-0.3, -0.25) is 19.3 Å². The highest BCUT2D eigenvalue weighted by molar-refractivity contribution is 5.99. The molecule has 208 valence electrons. The van der Waals surface area contributed by atoms with E-state index in [0.29, 0.717) is 40.4 Å². The maximum atomic E-state index is 13.1. The Hall–Kier alpha value is -3.46. The largest absolute Gasteiger partial charge is 0.366 e. The molecule has 4 N–H and O–H groups in total. The van der Waals surface area contributed by atoms with Crippen LogP contribution in [-0.4, -0.2) is 70.9 Å². The van der Waals surface area contributed by atoms with Crippen molar-refractivity contribution >= 4 is 23.5 Å². The average Bonchev–Trinajstić information content (AvgIpc) is 3.47. The van der Waals surface area contributed by atoms with E-state index in [2.05, 4.69) is 39.3 Å². The maximum absolute atomic E-state index is 13.1. The van der Waals surface area contributed by atoms with E-state index < -0.39 is 5.91 Å². The van der Waals surface area contributed by atoms with Crippen LogP contribution < -0.4 is 21.3 Å². The second-order valence-electron chi connectivity index (χ2n) is 11.7. The van der Waals surface area contributed by atoms with Gasteiger partial charge in [-0.1, -0.05) is 0 Å². The van der Waals surface area contributed by atoms with Crippen molar-refractivity contribution < 1.29 is 14.4 Å². The second kappa shape index (κ2) is 11.0. The molecular formula is C30H40N6O3. The monoisotopic (exact) mass is 532 g/mol. The lowest BCUT2D eigenvalue weighted by atomic mass is 9.95. The van der Waals surface area contributed by atoms with Crippen LogP contribution in [0, 0.1) is 13.8 Å². The molecule has 2 aromatic rings. The number of amides is 3. The third kappa shape index (κ3) is 5.64. The van der Waals surface area contributed by atoms with E-state index in [1.807, 2.05) is 19.1 Å². The number of nitrogens with one attached hydrogen (secondary N) is 2. The fraction of sp³-hybridized carbons (Fsp3) is 0.533. The van der Waals surface area contributed by atoms with Crippen molar-refractivity contribution in [3.8, 4) is 0 Å². The number of pyridine rings is 1. The van der Waals surface area contributed by atoms with Crippen LogP contribution in [0.1, 0.15) is 88.2 Å². The fourth-order valence-corrected chi connectivity index (χ4v) is 6.57. The van der Waals surface area contributed by atoms with Crippen molar-refractivity contribution in [2.45, 2.75) is 90.0 Å². The molecule has 5 rings (SSSR count). The number of aryl methyl sites for hydroxylation is 2. The van der Waals surface area contributed by atoms with Gasteiger partial charge in [-0.25, -0.2) is 4.98 Å². The molecule has 1 unspecified atom stereocenters. The van der Waals surface area contributed by atoms with Crippen LogP contribution in [-0.2, 0) is 0 Å². The van der Waals surface area contributed by atoms with Crippen LogP contribution in [0.5, 0.6) is 0 Å². The van der Waals surface area contributed by atoms with Gasteiger partial charge < -0.3 is 21.3 Å². The van der Waals surface area contributed by atoms with Gasteiger partial charge in [0.2, 0.25) is 5.91 Å². The zero-order valence-electron chi connectivity index (χ0n) is 23.4. The number of piperidine rings is 1. The number of carbonyl (C=O) groups is 3. The number of nitrogens with zero attached hydrogens (tertiary/aromatic N) is 3. The number of benzene rings is 1. The van der Waals surface area contributed by atoms with Crippen LogP contribution in [0.4, 0.5) is 5.82 Å². The molecule has 2 bridgehead atoms. The summed E-state index contributed by atoms with van der Waals surface area (Å²) >= 11 is 0. The Kier molecular flexibility index (Phi) is 7.62. The molecule has 0 radical (unpaired) electrons. The van der Waals surface area contributed by atoms with Gasteiger partial charge in [-0.05, 0) is 95.2 Å². The number of likely N-dealkylation sites (tertiary alicyclic amines) is 1. The third-order valence-corrected chi connectivity index (χ3v) is 8.71. The van der Waals surface area contributed by atoms with Crippen molar-refractivity contribution in [2.75, 3.05) is 18.0 Å². The molecule has 3 fully saturated rings. The zero-order chi connectivity index (χ0) is 27.8. The summed E-state index contributed by atoms with van der Waals surface area (Å²) in [5.41, 5.74) is 8.52. The Morgan fingerprint density at radius 3 is 2.15 bits per heavy atom. The molecule has 3 aliphatic rings. The molecule has 3 aliphatic heterocycles. The van der Waals surface area contributed by atoms with Crippen LogP contribution in [0.3, 0.4) is 0 Å². The first-order valence-corrected chi connectivity index (χ1v) is 14.1. The minimum Gasteiger partial charge on any atom is -0.366 e.